The maximum Gasteiger partial charge on any atom is 0.306 e. The van der Waals surface area contributed by atoms with Gasteiger partial charge in [-0.3, -0.25) is 4.79 Å². The number of hydrogen-bond donors (Lipinski definition) is 0. The zero-order valence-corrected chi connectivity index (χ0v) is 9.52. The molecule has 0 radical (unpaired) electrons. The molecule has 0 N–H and O–H groups in total. The molecule has 0 aliphatic carbocycles. The predicted molar refractivity (Wildman–Crippen MR) is 53.3 cm³/mol. The monoisotopic (exact) mass is 227 g/mol. The number of ether oxygens (including phenoxy) is 2. The van der Waals surface area contributed by atoms with Gasteiger partial charge >= 0.3 is 5.97 Å². The Hall–Kier alpha value is 0.0300. The third-order valence-corrected chi connectivity index (χ3v) is 2.79. The molecule has 0 bridgehead atoms. The predicted octanol–water partition coefficient (Wildman–Crippen LogP) is 1.65. The summed E-state index contributed by atoms with van der Waals surface area (Å²) in [6.07, 6.45) is 0.191. The van der Waals surface area contributed by atoms with Crippen LogP contribution in [-0.4, -0.2) is 37.3 Å². The van der Waals surface area contributed by atoms with E-state index in [0.717, 1.165) is 11.2 Å². The summed E-state index contributed by atoms with van der Waals surface area (Å²) in [5.74, 6) is -0.251. The van der Waals surface area contributed by atoms with Crippen molar-refractivity contribution in [3.05, 3.63) is 0 Å². The Balaban J connectivity index is 3.78. The van der Waals surface area contributed by atoms with Crippen molar-refractivity contribution in [2.75, 3.05) is 20.8 Å². The first-order valence-corrected chi connectivity index (χ1v) is 5.40. The first-order chi connectivity index (χ1) is 6.15. The molecule has 0 saturated carbocycles. The molecule has 0 amide bonds. The van der Waals surface area contributed by atoms with Gasteiger partial charge in [0.15, 0.2) is 0 Å². The summed E-state index contributed by atoms with van der Waals surface area (Å²) >= 11 is 1.03. The van der Waals surface area contributed by atoms with E-state index in [4.69, 9.17) is 15.4 Å². The first-order valence-electron chi connectivity index (χ1n) is 3.80. The second-order valence-electron chi connectivity index (χ2n) is 2.37. The van der Waals surface area contributed by atoms with Crippen molar-refractivity contribution >= 4 is 27.8 Å². The Kier molecular flexibility index (Phi) is 7.45. The van der Waals surface area contributed by atoms with Crippen LogP contribution in [-0.2, 0) is 14.3 Å². The van der Waals surface area contributed by atoms with Crippen molar-refractivity contribution in [1.82, 2.24) is 4.31 Å². The molecule has 0 aromatic rings. The van der Waals surface area contributed by atoms with Crippen LogP contribution in [0.3, 0.4) is 0 Å². The fourth-order valence-corrected chi connectivity index (χ4v) is 1.60. The van der Waals surface area contributed by atoms with Crippen molar-refractivity contribution in [1.29, 1.82) is 0 Å². The average molecular weight is 228 g/mol. The molecule has 13 heavy (non-hydrogen) atoms. The van der Waals surface area contributed by atoms with Crippen LogP contribution in [0.2, 0.25) is 0 Å². The molecule has 0 aliphatic heterocycles. The quantitative estimate of drug-likeness (QED) is 0.392. The lowest BCUT2D eigenvalue weighted by atomic mass is 10.4. The molecule has 1 atom stereocenters. The molecular formula is C7H14ClNO3S. The molecule has 0 fully saturated rings. The van der Waals surface area contributed by atoms with E-state index in [2.05, 4.69) is 4.74 Å². The van der Waals surface area contributed by atoms with E-state index in [1.807, 2.05) is 6.92 Å². The molecular weight excluding hydrogens is 214 g/mol. The Morgan fingerprint density at radius 3 is 2.62 bits per heavy atom. The highest BCUT2D eigenvalue weighted by atomic mass is 35.7. The van der Waals surface area contributed by atoms with E-state index < -0.39 is 0 Å². The summed E-state index contributed by atoms with van der Waals surface area (Å²) in [4.78, 5) is 10.8. The number of halogens is 1. The van der Waals surface area contributed by atoms with E-state index in [9.17, 15) is 4.79 Å². The molecule has 0 rings (SSSR count). The Morgan fingerprint density at radius 2 is 2.23 bits per heavy atom. The number of esters is 1. The SMILES string of the molecule is COC(=O)CCN(SCl)C(C)OC. The lowest BCUT2D eigenvalue weighted by Gasteiger charge is -2.22. The Labute approximate surface area is 87.1 Å². The van der Waals surface area contributed by atoms with E-state index in [0.29, 0.717) is 13.0 Å². The lowest BCUT2D eigenvalue weighted by molar-refractivity contribution is -0.141. The van der Waals surface area contributed by atoms with Crippen LogP contribution in [0, 0.1) is 0 Å². The molecule has 6 heteroatoms. The first kappa shape index (κ1) is 13.0. The van der Waals surface area contributed by atoms with Crippen LogP contribution in [0.5, 0.6) is 0 Å². The summed E-state index contributed by atoms with van der Waals surface area (Å²) in [7, 11) is 8.53. The number of methoxy groups -OCH3 is 2. The molecule has 0 saturated heterocycles. The van der Waals surface area contributed by atoms with E-state index >= 15 is 0 Å². The van der Waals surface area contributed by atoms with Crippen molar-refractivity contribution in [3.63, 3.8) is 0 Å². The van der Waals surface area contributed by atoms with Crippen LogP contribution in [0.15, 0.2) is 0 Å². The fraction of sp³-hybridized carbons (Fsp3) is 0.857. The zero-order chi connectivity index (χ0) is 10.3. The average Bonchev–Trinajstić information content (AvgIpc) is 2.17. The molecule has 0 heterocycles. The molecule has 1 unspecified atom stereocenters. The van der Waals surface area contributed by atoms with Crippen LogP contribution in [0.4, 0.5) is 0 Å². The minimum Gasteiger partial charge on any atom is -0.469 e. The van der Waals surface area contributed by atoms with Crippen LogP contribution in [0.25, 0.3) is 0 Å². The molecule has 0 spiro atoms. The second-order valence-corrected chi connectivity index (χ2v) is 3.39. The van der Waals surface area contributed by atoms with Crippen LogP contribution >= 0.6 is 21.8 Å². The van der Waals surface area contributed by atoms with Crippen molar-refractivity contribution < 1.29 is 14.3 Å². The van der Waals surface area contributed by atoms with Gasteiger partial charge in [-0.05, 0) is 17.6 Å². The smallest absolute Gasteiger partial charge is 0.306 e. The Morgan fingerprint density at radius 1 is 1.62 bits per heavy atom. The van der Waals surface area contributed by atoms with Gasteiger partial charge < -0.3 is 9.47 Å². The maximum atomic E-state index is 10.8. The van der Waals surface area contributed by atoms with Gasteiger partial charge in [-0.25, -0.2) is 4.31 Å². The third kappa shape index (κ3) is 5.36. The lowest BCUT2D eigenvalue weighted by Crippen LogP contribution is -2.29. The highest BCUT2D eigenvalue weighted by Gasteiger charge is 2.14. The summed E-state index contributed by atoms with van der Waals surface area (Å²) in [5, 5.41) is 0. The van der Waals surface area contributed by atoms with E-state index in [1.165, 1.54) is 7.11 Å². The van der Waals surface area contributed by atoms with E-state index in [-0.39, 0.29) is 12.2 Å². The van der Waals surface area contributed by atoms with Gasteiger partial charge in [-0.2, -0.15) is 0 Å². The molecule has 4 nitrogen and oxygen atoms in total. The molecule has 0 aromatic heterocycles. The summed E-state index contributed by atoms with van der Waals surface area (Å²) in [6, 6.07) is 0. The van der Waals surface area contributed by atoms with Gasteiger partial charge in [0, 0.05) is 24.8 Å². The highest BCUT2D eigenvalue weighted by molar-refractivity contribution is 8.19. The van der Waals surface area contributed by atoms with Gasteiger partial charge in [0.05, 0.1) is 13.5 Å². The zero-order valence-electron chi connectivity index (χ0n) is 7.95. The normalized spacial score (nSPS) is 13.0. The molecule has 78 valence electrons. The number of rotatable bonds is 6. The van der Waals surface area contributed by atoms with Gasteiger partial charge in [0.1, 0.15) is 6.23 Å². The highest BCUT2D eigenvalue weighted by Crippen LogP contribution is 2.18. The van der Waals surface area contributed by atoms with Crippen molar-refractivity contribution in [2.45, 2.75) is 19.6 Å². The largest absolute Gasteiger partial charge is 0.469 e. The van der Waals surface area contributed by atoms with Crippen molar-refractivity contribution in [2.24, 2.45) is 0 Å². The summed E-state index contributed by atoms with van der Waals surface area (Å²) in [5.41, 5.74) is 0. The summed E-state index contributed by atoms with van der Waals surface area (Å²) in [6.45, 7) is 2.36. The second kappa shape index (κ2) is 7.44. The number of carbonyl (C=O) groups excluding carboxylic acids is 1. The Bertz CT molecular complexity index is 159. The fourth-order valence-electron chi connectivity index (χ4n) is 0.694. The van der Waals surface area contributed by atoms with Gasteiger partial charge in [0.25, 0.3) is 0 Å². The maximum absolute atomic E-state index is 10.8. The standard InChI is InChI=1S/C7H14ClNO3S/c1-6(11-2)9(13-8)5-4-7(10)12-3/h6H,4-5H2,1-3H3. The van der Waals surface area contributed by atoms with Crippen molar-refractivity contribution in [3.8, 4) is 0 Å². The third-order valence-electron chi connectivity index (χ3n) is 1.60. The summed E-state index contributed by atoms with van der Waals surface area (Å²) < 4.78 is 11.3. The molecule has 0 aromatic carbocycles. The number of hydrogen-bond acceptors (Lipinski definition) is 5. The minimum atomic E-state index is -0.251. The van der Waals surface area contributed by atoms with Gasteiger partial charge in [0.2, 0.25) is 0 Å². The number of carbonyl (C=O) groups is 1. The minimum absolute atomic E-state index is 0.118. The van der Waals surface area contributed by atoms with E-state index in [1.54, 1.807) is 11.4 Å². The van der Waals surface area contributed by atoms with Gasteiger partial charge in [-0.1, -0.05) is 0 Å². The van der Waals surface area contributed by atoms with Crippen LogP contribution < -0.4 is 0 Å². The number of nitrogens with zero attached hydrogens (tertiary/aromatic N) is 1. The van der Waals surface area contributed by atoms with Crippen LogP contribution in [0.1, 0.15) is 13.3 Å². The van der Waals surface area contributed by atoms with Gasteiger partial charge in [-0.15, -0.1) is 0 Å². The molecule has 0 aliphatic rings. The topological polar surface area (TPSA) is 38.8 Å².